The van der Waals surface area contributed by atoms with Gasteiger partial charge in [-0.2, -0.15) is 0 Å². The number of aromatic nitrogens is 1. The van der Waals surface area contributed by atoms with E-state index in [4.69, 9.17) is 5.73 Å². The second kappa shape index (κ2) is 3.58. The molecule has 0 radical (unpaired) electrons. The molecule has 0 amide bonds. The van der Waals surface area contributed by atoms with Crippen molar-refractivity contribution in [3.05, 3.63) is 36.0 Å². The molecule has 0 saturated carbocycles. The molecule has 0 aliphatic carbocycles. The maximum Gasteiger partial charge on any atom is 0.133 e. The summed E-state index contributed by atoms with van der Waals surface area (Å²) in [5.74, 6) is 1.02. The fourth-order valence-electron chi connectivity index (χ4n) is 1.53. The van der Waals surface area contributed by atoms with Crippen LogP contribution in [-0.2, 0) is 6.54 Å². The Bertz CT molecular complexity index is 312. The Kier molecular flexibility index (Phi) is 2.27. The number of anilines is 1. The van der Waals surface area contributed by atoms with Crippen LogP contribution in [0.3, 0.4) is 0 Å². The minimum Gasteiger partial charge on any atom is -0.349 e. The number of hydrogen-bond donors (Lipinski definition) is 1. The van der Waals surface area contributed by atoms with E-state index >= 15 is 0 Å². The molecule has 0 fully saturated rings. The molecule has 2 N–H and O–H groups in total. The number of pyridine rings is 1. The van der Waals surface area contributed by atoms with Crippen molar-refractivity contribution in [1.29, 1.82) is 0 Å². The molecule has 0 unspecified atom stereocenters. The third-order valence-corrected chi connectivity index (χ3v) is 2.21. The zero-order valence-electron chi connectivity index (χ0n) is 7.48. The van der Waals surface area contributed by atoms with Crippen LogP contribution in [0.4, 0.5) is 5.82 Å². The number of nitrogens with zero attached hydrogens (tertiary/aromatic N) is 2. The maximum atomic E-state index is 5.63. The van der Waals surface area contributed by atoms with Gasteiger partial charge in [-0.05, 0) is 6.07 Å². The van der Waals surface area contributed by atoms with Gasteiger partial charge in [0.2, 0.25) is 0 Å². The quantitative estimate of drug-likeness (QED) is 0.679. The van der Waals surface area contributed by atoms with E-state index in [0.29, 0.717) is 6.54 Å². The molecular formula is C10H13N3. The maximum absolute atomic E-state index is 5.63. The van der Waals surface area contributed by atoms with Crippen LogP contribution in [0.2, 0.25) is 0 Å². The van der Waals surface area contributed by atoms with Gasteiger partial charge in [0.1, 0.15) is 5.82 Å². The van der Waals surface area contributed by atoms with Crippen molar-refractivity contribution in [2.24, 2.45) is 5.73 Å². The highest BCUT2D eigenvalue weighted by atomic mass is 15.2. The van der Waals surface area contributed by atoms with E-state index in [2.05, 4.69) is 22.0 Å². The van der Waals surface area contributed by atoms with Crippen LogP contribution in [0.25, 0.3) is 0 Å². The molecule has 0 aromatic carbocycles. The van der Waals surface area contributed by atoms with Crippen molar-refractivity contribution >= 4 is 5.82 Å². The standard InChI is InChI=1S/C10H13N3/c11-8-9-4-3-5-12-10(9)13-6-1-2-7-13/h1-5H,6-8,11H2. The highest BCUT2D eigenvalue weighted by molar-refractivity contribution is 5.49. The molecule has 2 heterocycles. The Hall–Kier alpha value is -1.35. The Morgan fingerprint density at radius 3 is 2.85 bits per heavy atom. The van der Waals surface area contributed by atoms with Crippen molar-refractivity contribution in [2.75, 3.05) is 18.0 Å². The van der Waals surface area contributed by atoms with E-state index in [1.165, 1.54) is 0 Å². The van der Waals surface area contributed by atoms with E-state index in [1.54, 1.807) is 0 Å². The van der Waals surface area contributed by atoms with Gasteiger partial charge in [0.05, 0.1) is 0 Å². The Morgan fingerprint density at radius 2 is 2.15 bits per heavy atom. The summed E-state index contributed by atoms with van der Waals surface area (Å²) in [6.07, 6.45) is 6.11. The number of nitrogens with two attached hydrogens (primary N) is 1. The van der Waals surface area contributed by atoms with Gasteiger partial charge in [-0.15, -0.1) is 0 Å². The summed E-state index contributed by atoms with van der Waals surface area (Å²) in [4.78, 5) is 6.55. The van der Waals surface area contributed by atoms with Gasteiger partial charge in [-0.1, -0.05) is 18.2 Å². The molecule has 68 valence electrons. The summed E-state index contributed by atoms with van der Waals surface area (Å²) >= 11 is 0. The van der Waals surface area contributed by atoms with E-state index in [9.17, 15) is 0 Å². The highest BCUT2D eigenvalue weighted by Gasteiger charge is 2.11. The second-order valence-corrected chi connectivity index (χ2v) is 3.07. The average Bonchev–Trinajstić information content (AvgIpc) is 2.70. The molecule has 2 rings (SSSR count). The van der Waals surface area contributed by atoms with Crippen molar-refractivity contribution in [1.82, 2.24) is 4.98 Å². The van der Waals surface area contributed by atoms with Gasteiger partial charge in [0, 0.05) is 31.4 Å². The molecule has 0 atom stereocenters. The molecular weight excluding hydrogens is 162 g/mol. The third-order valence-electron chi connectivity index (χ3n) is 2.21. The summed E-state index contributed by atoms with van der Waals surface area (Å²) in [7, 11) is 0. The lowest BCUT2D eigenvalue weighted by Gasteiger charge is -2.18. The molecule has 1 aromatic rings. The summed E-state index contributed by atoms with van der Waals surface area (Å²) < 4.78 is 0. The van der Waals surface area contributed by atoms with Crippen LogP contribution >= 0.6 is 0 Å². The van der Waals surface area contributed by atoms with E-state index in [0.717, 1.165) is 24.5 Å². The molecule has 0 bridgehead atoms. The van der Waals surface area contributed by atoms with Crippen LogP contribution < -0.4 is 10.6 Å². The van der Waals surface area contributed by atoms with Crippen molar-refractivity contribution < 1.29 is 0 Å². The van der Waals surface area contributed by atoms with Crippen LogP contribution in [0.1, 0.15) is 5.56 Å². The molecule has 1 aromatic heterocycles. The zero-order chi connectivity index (χ0) is 9.10. The minimum absolute atomic E-state index is 0.555. The van der Waals surface area contributed by atoms with Crippen molar-refractivity contribution in [2.45, 2.75) is 6.54 Å². The number of hydrogen-bond acceptors (Lipinski definition) is 3. The average molecular weight is 175 g/mol. The zero-order valence-corrected chi connectivity index (χ0v) is 7.48. The van der Waals surface area contributed by atoms with E-state index in [1.807, 2.05) is 18.3 Å². The molecule has 3 heteroatoms. The largest absolute Gasteiger partial charge is 0.349 e. The lowest BCUT2D eigenvalue weighted by molar-refractivity contribution is 0.929. The van der Waals surface area contributed by atoms with Crippen LogP contribution in [0.15, 0.2) is 30.5 Å². The molecule has 1 aliphatic rings. The van der Waals surface area contributed by atoms with E-state index in [-0.39, 0.29) is 0 Å². The fraction of sp³-hybridized carbons (Fsp3) is 0.300. The molecule has 13 heavy (non-hydrogen) atoms. The predicted octanol–water partition coefficient (Wildman–Crippen LogP) is 0.916. The smallest absolute Gasteiger partial charge is 0.133 e. The van der Waals surface area contributed by atoms with Crippen molar-refractivity contribution in [3.63, 3.8) is 0 Å². The van der Waals surface area contributed by atoms with Gasteiger partial charge in [0.15, 0.2) is 0 Å². The topological polar surface area (TPSA) is 42.1 Å². The minimum atomic E-state index is 0.555. The molecule has 3 nitrogen and oxygen atoms in total. The van der Waals surface area contributed by atoms with Gasteiger partial charge < -0.3 is 10.6 Å². The summed E-state index contributed by atoms with van der Waals surface area (Å²) in [5, 5.41) is 0. The Labute approximate surface area is 77.9 Å². The summed E-state index contributed by atoms with van der Waals surface area (Å²) in [6, 6.07) is 3.95. The molecule has 0 saturated heterocycles. The van der Waals surface area contributed by atoms with E-state index < -0.39 is 0 Å². The SMILES string of the molecule is NCc1cccnc1N1CC=CC1. The second-order valence-electron chi connectivity index (χ2n) is 3.07. The Balaban J connectivity index is 2.27. The van der Waals surface area contributed by atoms with Gasteiger partial charge in [-0.3, -0.25) is 0 Å². The molecule has 1 aliphatic heterocycles. The lowest BCUT2D eigenvalue weighted by atomic mass is 10.2. The summed E-state index contributed by atoms with van der Waals surface area (Å²) in [6.45, 7) is 2.45. The third kappa shape index (κ3) is 1.55. The first-order chi connectivity index (χ1) is 6.42. The summed E-state index contributed by atoms with van der Waals surface area (Å²) in [5.41, 5.74) is 6.75. The predicted molar refractivity (Wildman–Crippen MR) is 53.5 cm³/mol. The van der Waals surface area contributed by atoms with Crippen LogP contribution in [-0.4, -0.2) is 18.1 Å². The van der Waals surface area contributed by atoms with Gasteiger partial charge in [0.25, 0.3) is 0 Å². The van der Waals surface area contributed by atoms with Crippen LogP contribution in [0.5, 0.6) is 0 Å². The Morgan fingerprint density at radius 1 is 1.38 bits per heavy atom. The normalized spacial score (nSPS) is 15.3. The first-order valence-electron chi connectivity index (χ1n) is 4.45. The highest BCUT2D eigenvalue weighted by Crippen LogP contribution is 2.18. The van der Waals surface area contributed by atoms with Crippen molar-refractivity contribution in [3.8, 4) is 0 Å². The monoisotopic (exact) mass is 175 g/mol. The molecule has 0 spiro atoms. The van der Waals surface area contributed by atoms with Gasteiger partial charge >= 0.3 is 0 Å². The number of rotatable bonds is 2. The van der Waals surface area contributed by atoms with Crippen LogP contribution in [0, 0.1) is 0 Å². The first kappa shape index (κ1) is 8.26. The fourth-order valence-corrected chi connectivity index (χ4v) is 1.53. The first-order valence-corrected chi connectivity index (χ1v) is 4.45. The lowest BCUT2D eigenvalue weighted by Crippen LogP contribution is -2.22. The van der Waals surface area contributed by atoms with Gasteiger partial charge in [-0.25, -0.2) is 4.98 Å².